The van der Waals surface area contributed by atoms with Crippen molar-refractivity contribution in [1.82, 2.24) is 9.88 Å². The van der Waals surface area contributed by atoms with Crippen LogP contribution in [-0.2, 0) is 0 Å². The number of pyridine rings is 1. The largest absolute Gasteiger partial charge is 0.338 e. The Balaban J connectivity index is 1.65. The lowest BCUT2D eigenvalue weighted by Gasteiger charge is -2.27. The minimum Gasteiger partial charge on any atom is -0.338 e. The molecule has 1 aliphatic heterocycles. The van der Waals surface area contributed by atoms with Crippen LogP contribution in [-0.4, -0.2) is 28.9 Å². The van der Waals surface area contributed by atoms with E-state index in [0.29, 0.717) is 0 Å². The third kappa shape index (κ3) is 2.72. The summed E-state index contributed by atoms with van der Waals surface area (Å²) in [6, 6.07) is 1.85. The van der Waals surface area contributed by atoms with E-state index in [4.69, 9.17) is 0 Å². The van der Waals surface area contributed by atoms with Gasteiger partial charge >= 0.3 is 0 Å². The van der Waals surface area contributed by atoms with Crippen molar-refractivity contribution in [3.63, 3.8) is 0 Å². The van der Waals surface area contributed by atoms with E-state index in [1.807, 2.05) is 13.0 Å². The van der Waals surface area contributed by atoms with Gasteiger partial charge in [-0.25, -0.2) is 0 Å². The maximum absolute atomic E-state index is 12.6. The molecule has 3 nitrogen and oxygen atoms in total. The molecule has 0 radical (unpaired) electrons. The topological polar surface area (TPSA) is 33.2 Å². The lowest BCUT2D eigenvalue weighted by atomic mass is 9.80. The Morgan fingerprint density at radius 1 is 1.20 bits per heavy atom. The van der Waals surface area contributed by atoms with Gasteiger partial charge in [0.05, 0.1) is 0 Å². The average Bonchev–Trinajstić information content (AvgIpc) is 2.98. The molecule has 1 atom stereocenters. The second-order valence-corrected chi connectivity index (χ2v) is 6.39. The van der Waals surface area contributed by atoms with Gasteiger partial charge < -0.3 is 4.90 Å². The van der Waals surface area contributed by atoms with Gasteiger partial charge in [0.15, 0.2) is 0 Å². The zero-order valence-corrected chi connectivity index (χ0v) is 12.3. The monoisotopic (exact) mass is 272 g/mol. The van der Waals surface area contributed by atoms with Crippen LogP contribution in [0.25, 0.3) is 0 Å². The third-order valence-corrected chi connectivity index (χ3v) is 5.08. The summed E-state index contributed by atoms with van der Waals surface area (Å²) < 4.78 is 0. The standard InChI is InChI=1S/C17H24N2O/c1-13-11-18-9-7-16(13)17(20)19-10-8-15(12-19)14-5-3-2-4-6-14/h7,9,11,14-15H,2-6,8,10,12H2,1H3. The Morgan fingerprint density at radius 2 is 2.00 bits per heavy atom. The van der Waals surface area contributed by atoms with Crippen LogP contribution in [0.2, 0.25) is 0 Å². The van der Waals surface area contributed by atoms with Crippen molar-refractivity contribution in [3.05, 3.63) is 29.6 Å². The van der Waals surface area contributed by atoms with Crippen LogP contribution in [0.5, 0.6) is 0 Å². The second-order valence-electron chi connectivity index (χ2n) is 6.39. The third-order valence-electron chi connectivity index (χ3n) is 5.08. The molecule has 0 N–H and O–H groups in total. The molecule has 1 aromatic rings. The highest BCUT2D eigenvalue weighted by molar-refractivity contribution is 5.95. The predicted octanol–water partition coefficient (Wildman–Crippen LogP) is 3.43. The number of hydrogen-bond acceptors (Lipinski definition) is 2. The fourth-order valence-corrected chi connectivity index (χ4v) is 3.85. The second kappa shape index (κ2) is 5.94. The SMILES string of the molecule is Cc1cnccc1C(=O)N1CCC(C2CCCCC2)C1. The van der Waals surface area contributed by atoms with E-state index in [-0.39, 0.29) is 5.91 Å². The van der Waals surface area contributed by atoms with E-state index < -0.39 is 0 Å². The van der Waals surface area contributed by atoms with E-state index in [2.05, 4.69) is 9.88 Å². The molecule has 20 heavy (non-hydrogen) atoms. The van der Waals surface area contributed by atoms with Crippen molar-refractivity contribution in [2.24, 2.45) is 11.8 Å². The fraction of sp³-hybridized carbons (Fsp3) is 0.647. The van der Waals surface area contributed by atoms with E-state index >= 15 is 0 Å². The van der Waals surface area contributed by atoms with Crippen molar-refractivity contribution < 1.29 is 4.79 Å². The quantitative estimate of drug-likeness (QED) is 0.826. The molecule has 1 amide bonds. The lowest BCUT2D eigenvalue weighted by molar-refractivity contribution is 0.0779. The van der Waals surface area contributed by atoms with E-state index in [0.717, 1.165) is 36.1 Å². The van der Waals surface area contributed by atoms with Crippen LogP contribution in [0.4, 0.5) is 0 Å². The maximum Gasteiger partial charge on any atom is 0.254 e. The number of carbonyl (C=O) groups excluding carboxylic acids is 1. The molecule has 1 saturated heterocycles. The van der Waals surface area contributed by atoms with Gasteiger partial charge in [-0.3, -0.25) is 9.78 Å². The molecular formula is C17H24N2O. The van der Waals surface area contributed by atoms with E-state index in [1.165, 1.54) is 38.5 Å². The summed E-state index contributed by atoms with van der Waals surface area (Å²) in [6.45, 7) is 3.86. The minimum atomic E-state index is 0.197. The molecule has 3 rings (SSSR count). The van der Waals surface area contributed by atoms with Gasteiger partial charge in [-0.15, -0.1) is 0 Å². The van der Waals surface area contributed by atoms with Crippen LogP contribution in [0.3, 0.4) is 0 Å². The van der Waals surface area contributed by atoms with Crippen LogP contribution in [0, 0.1) is 18.8 Å². The van der Waals surface area contributed by atoms with Crippen molar-refractivity contribution in [1.29, 1.82) is 0 Å². The number of carbonyl (C=O) groups is 1. The van der Waals surface area contributed by atoms with E-state index in [9.17, 15) is 4.79 Å². The number of aryl methyl sites for hydroxylation is 1. The molecule has 0 bridgehead atoms. The molecule has 3 heteroatoms. The summed E-state index contributed by atoms with van der Waals surface area (Å²) in [6.07, 6.45) is 11.6. The van der Waals surface area contributed by atoms with Crippen molar-refractivity contribution in [2.75, 3.05) is 13.1 Å². The maximum atomic E-state index is 12.6. The summed E-state index contributed by atoms with van der Waals surface area (Å²) in [5.41, 5.74) is 1.81. The van der Waals surface area contributed by atoms with Crippen LogP contribution in [0.1, 0.15) is 54.4 Å². The van der Waals surface area contributed by atoms with Crippen LogP contribution >= 0.6 is 0 Å². The van der Waals surface area contributed by atoms with Crippen molar-refractivity contribution >= 4 is 5.91 Å². The van der Waals surface area contributed by atoms with E-state index in [1.54, 1.807) is 12.4 Å². The Kier molecular flexibility index (Phi) is 4.04. The molecule has 108 valence electrons. The highest BCUT2D eigenvalue weighted by atomic mass is 16.2. The smallest absolute Gasteiger partial charge is 0.254 e. The molecule has 1 saturated carbocycles. The number of nitrogens with zero attached hydrogens (tertiary/aromatic N) is 2. The Bertz CT molecular complexity index is 480. The number of aromatic nitrogens is 1. The van der Waals surface area contributed by atoms with Crippen molar-refractivity contribution in [3.8, 4) is 0 Å². The highest BCUT2D eigenvalue weighted by Crippen LogP contribution is 2.35. The summed E-state index contributed by atoms with van der Waals surface area (Å²) in [5.74, 6) is 1.80. The number of likely N-dealkylation sites (tertiary alicyclic amines) is 1. The molecule has 1 aromatic heterocycles. The Hall–Kier alpha value is -1.38. The minimum absolute atomic E-state index is 0.197. The number of rotatable bonds is 2. The Labute approximate surface area is 121 Å². The average molecular weight is 272 g/mol. The molecule has 1 aliphatic carbocycles. The summed E-state index contributed by atoms with van der Waals surface area (Å²) >= 11 is 0. The lowest BCUT2D eigenvalue weighted by Crippen LogP contribution is -2.30. The molecule has 1 unspecified atom stereocenters. The fourth-order valence-electron chi connectivity index (χ4n) is 3.85. The van der Waals surface area contributed by atoms with Gasteiger partial charge in [0.1, 0.15) is 0 Å². The summed E-state index contributed by atoms with van der Waals surface area (Å²) in [7, 11) is 0. The summed E-state index contributed by atoms with van der Waals surface area (Å²) in [4.78, 5) is 18.7. The van der Waals surface area contributed by atoms with Gasteiger partial charge in [-0.2, -0.15) is 0 Å². The van der Waals surface area contributed by atoms with Crippen molar-refractivity contribution in [2.45, 2.75) is 45.4 Å². The first-order valence-corrected chi connectivity index (χ1v) is 7.95. The van der Waals surface area contributed by atoms with Gasteiger partial charge in [0.25, 0.3) is 5.91 Å². The molecule has 0 aromatic carbocycles. The zero-order valence-electron chi connectivity index (χ0n) is 12.3. The number of hydrogen-bond donors (Lipinski definition) is 0. The molecule has 2 aliphatic rings. The van der Waals surface area contributed by atoms with Gasteiger partial charge in [-0.05, 0) is 36.8 Å². The first-order chi connectivity index (χ1) is 9.75. The number of amides is 1. The first kappa shape index (κ1) is 13.6. The zero-order chi connectivity index (χ0) is 13.9. The predicted molar refractivity (Wildman–Crippen MR) is 79.6 cm³/mol. The summed E-state index contributed by atoms with van der Waals surface area (Å²) in [5, 5.41) is 0. The molecule has 2 heterocycles. The van der Waals surface area contributed by atoms with Gasteiger partial charge in [0, 0.05) is 31.0 Å². The highest BCUT2D eigenvalue weighted by Gasteiger charge is 2.32. The molecule has 2 fully saturated rings. The normalized spacial score (nSPS) is 24.1. The molecular weight excluding hydrogens is 248 g/mol. The first-order valence-electron chi connectivity index (χ1n) is 7.95. The van der Waals surface area contributed by atoms with Crippen LogP contribution < -0.4 is 0 Å². The Morgan fingerprint density at radius 3 is 2.75 bits per heavy atom. The molecule has 0 spiro atoms. The van der Waals surface area contributed by atoms with Gasteiger partial charge in [-0.1, -0.05) is 32.1 Å². The van der Waals surface area contributed by atoms with Crippen LogP contribution in [0.15, 0.2) is 18.5 Å². The van der Waals surface area contributed by atoms with Gasteiger partial charge in [0.2, 0.25) is 0 Å².